The lowest BCUT2D eigenvalue weighted by Crippen LogP contribution is -2.33. The smallest absolute Gasteiger partial charge is 0.229 e. The zero-order valence-electron chi connectivity index (χ0n) is 14.5. The van der Waals surface area contributed by atoms with Crippen LogP contribution >= 0.6 is 0 Å². The molecule has 0 unspecified atom stereocenters. The Kier molecular flexibility index (Phi) is 3.47. The minimum Gasteiger partial charge on any atom is -0.371 e. The van der Waals surface area contributed by atoms with E-state index in [0.29, 0.717) is 11.8 Å². The summed E-state index contributed by atoms with van der Waals surface area (Å²) in [7, 11) is 0. The predicted molar refractivity (Wildman–Crippen MR) is 96.9 cm³/mol. The number of piperidine rings is 1. The van der Waals surface area contributed by atoms with Crippen LogP contribution in [0.15, 0.2) is 34.9 Å². The van der Waals surface area contributed by atoms with Crippen LogP contribution in [-0.2, 0) is 0 Å². The Balaban J connectivity index is 1.36. The van der Waals surface area contributed by atoms with Gasteiger partial charge in [0.05, 0.1) is 5.52 Å². The van der Waals surface area contributed by atoms with Gasteiger partial charge in [-0.25, -0.2) is 0 Å². The fraction of sp³-hybridized carbons (Fsp3) is 0.450. The van der Waals surface area contributed by atoms with Crippen molar-refractivity contribution < 1.29 is 4.52 Å². The number of anilines is 1. The van der Waals surface area contributed by atoms with Crippen molar-refractivity contribution in [1.82, 2.24) is 15.1 Å². The summed E-state index contributed by atoms with van der Waals surface area (Å²) in [6, 6.07) is 10.6. The first kappa shape index (κ1) is 14.9. The molecule has 0 radical (unpaired) electrons. The van der Waals surface area contributed by atoms with Crippen molar-refractivity contribution in [2.24, 2.45) is 0 Å². The molecule has 25 heavy (non-hydrogen) atoms. The molecule has 5 heteroatoms. The second-order valence-corrected chi connectivity index (χ2v) is 7.33. The van der Waals surface area contributed by atoms with Crippen LogP contribution in [0.3, 0.4) is 0 Å². The molecule has 0 N–H and O–H groups in total. The van der Waals surface area contributed by atoms with E-state index >= 15 is 0 Å². The average molecular weight is 334 g/mol. The van der Waals surface area contributed by atoms with Crippen molar-refractivity contribution in [3.8, 4) is 0 Å². The molecule has 2 aliphatic rings. The van der Waals surface area contributed by atoms with E-state index in [1.807, 2.05) is 0 Å². The molecule has 0 amide bonds. The number of para-hydroxylation sites is 1. The van der Waals surface area contributed by atoms with Gasteiger partial charge in [-0.2, -0.15) is 4.98 Å². The Hall–Kier alpha value is -2.43. The van der Waals surface area contributed by atoms with Crippen molar-refractivity contribution >= 4 is 16.6 Å². The number of pyridine rings is 1. The highest BCUT2D eigenvalue weighted by Crippen LogP contribution is 2.40. The number of aromatic nitrogens is 3. The maximum Gasteiger partial charge on any atom is 0.229 e. The van der Waals surface area contributed by atoms with Crippen molar-refractivity contribution in [2.75, 3.05) is 18.0 Å². The van der Waals surface area contributed by atoms with Crippen LogP contribution in [-0.4, -0.2) is 28.2 Å². The Labute approximate surface area is 147 Å². The van der Waals surface area contributed by atoms with Gasteiger partial charge in [0.25, 0.3) is 0 Å². The average Bonchev–Trinajstić information content (AvgIpc) is 3.38. The molecule has 1 saturated heterocycles. The van der Waals surface area contributed by atoms with Crippen LogP contribution < -0.4 is 4.90 Å². The fourth-order valence-corrected chi connectivity index (χ4v) is 3.84. The Morgan fingerprint density at radius 3 is 2.60 bits per heavy atom. The summed E-state index contributed by atoms with van der Waals surface area (Å²) in [4.78, 5) is 11.8. The quantitative estimate of drug-likeness (QED) is 0.719. The molecular weight excluding hydrogens is 312 g/mol. The monoisotopic (exact) mass is 334 g/mol. The lowest BCUT2D eigenvalue weighted by molar-refractivity contribution is 0.365. The van der Waals surface area contributed by atoms with Crippen molar-refractivity contribution in [3.63, 3.8) is 0 Å². The Morgan fingerprint density at radius 1 is 1.00 bits per heavy atom. The van der Waals surface area contributed by atoms with Gasteiger partial charge >= 0.3 is 0 Å². The van der Waals surface area contributed by atoms with Gasteiger partial charge < -0.3 is 9.42 Å². The van der Waals surface area contributed by atoms with Gasteiger partial charge in [-0.15, -0.1) is 0 Å². The van der Waals surface area contributed by atoms with Crippen molar-refractivity contribution in [1.29, 1.82) is 0 Å². The summed E-state index contributed by atoms with van der Waals surface area (Å²) in [5.74, 6) is 2.72. The third-order valence-electron chi connectivity index (χ3n) is 5.41. The number of hydrogen-bond acceptors (Lipinski definition) is 5. The predicted octanol–water partition coefficient (Wildman–Crippen LogP) is 4.19. The van der Waals surface area contributed by atoms with Crippen LogP contribution in [0.5, 0.6) is 0 Å². The normalized spacial score (nSPS) is 18.8. The maximum absolute atomic E-state index is 5.44. The Bertz CT molecular complexity index is 907. The zero-order valence-corrected chi connectivity index (χ0v) is 14.5. The molecule has 5 rings (SSSR count). The summed E-state index contributed by atoms with van der Waals surface area (Å²) in [6.45, 7) is 4.11. The molecule has 3 aromatic rings. The molecule has 0 spiro atoms. The van der Waals surface area contributed by atoms with E-state index in [1.54, 1.807) is 0 Å². The van der Waals surface area contributed by atoms with Gasteiger partial charge in [0.2, 0.25) is 5.89 Å². The largest absolute Gasteiger partial charge is 0.371 e. The highest BCUT2D eigenvalue weighted by atomic mass is 16.5. The second kappa shape index (κ2) is 5.83. The van der Waals surface area contributed by atoms with Crippen molar-refractivity contribution in [2.45, 2.75) is 44.4 Å². The van der Waals surface area contributed by atoms with Gasteiger partial charge in [-0.05, 0) is 44.7 Å². The second-order valence-electron chi connectivity index (χ2n) is 7.33. The highest BCUT2D eigenvalue weighted by molar-refractivity contribution is 5.92. The van der Waals surface area contributed by atoms with E-state index in [2.05, 4.69) is 57.3 Å². The lowest BCUT2D eigenvalue weighted by atomic mass is 9.95. The molecule has 2 fully saturated rings. The summed E-state index contributed by atoms with van der Waals surface area (Å²) in [5.41, 5.74) is 3.45. The van der Waals surface area contributed by atoms with E-state index in [0.717, 1.165) is 48.9 Å². The van der Waals surface area contributed by atoms with E-state index in [-0.39, 0.29) is 0 Å². The third kappa shape index (κ3) is 2.77. The molecule has 1 saturated carbocycles. The number of benzene rings is 1. The van der Waals surface area contributed by atoms with Gasteiger partial charge in [0.1, 0.15) is 0 Å². The van der Waals surface area contributed by atoms with Gasteiger partial charge in [0.15, 0.2) is 5.82 Å². The molecule has 1 aliphatic carbocycles. The van der Waals surface area contributed by atoms with Crippen LogP contribution in [0.2, 0.25) is 0 Å². The number of aryl methyl sites for hydroxylation is 1. The van der Waals surface area contributed by atoms with E-state index < -0.39 is 0 Å². The molecule has 0 atom stereocenters. The zero-order chi connectivity index (χ0) is 16.8. The van der Waals surface area contributed by atoms with Gasteiger partial charge in [-0.3, -0.25) is 4.98 Å². The number of nitrogens with zero attached hydrogens (tertiary/aromatic N) is 4. The molecule has 5 nitrogen and oxygen atoms in total. The molecule has 1 aliphatic heterocycles. The molecule has 128 valence electrons. The standard InChI is InChI=1S/C20H22N4O/c1-13-12-18(16-4-2-3-5-17(16)21-13)24-10-8-14(9-11-24)19-22-20(25-23-19)15-6-7-15/h2-5,12,14-15H,6-11H2,1H3. The van der Waals surface area contributed by atoms with Crippen LogP contribution in [0, 0.1) is 6.92 Å². The first-order valence-electron chi connectivity index (χ1n) is 9.23. The first-order chi connectivity index (χ1) is 12.3. The minimum absolute atomic E-state index is 0.418. The van der Waals surface area contributed by atoms with E-state index in [9.17, 15) is 0 Å². The van der Waals surface area contributed by atoms with Crippen LogP contribution in [0.4, 0.5) is 5.69 Å². The third-order valence-corrected chi connectivity index (χ3v) is 5.41. The van der Waals surface area contributed by atoms with Crippen LogP contribution in [0.1, 0.15) is 54.9 Å². The van der Waals surface area contributed by atoms with E-state index in [1.165, 1.54) is 23.9 Å². The first-order valence-corrected chi connectivity index (χ1v) is 9.23. The number of rotatable bonds is 3. The fourth-order valence-electron chi connectivity index (χ4n) is 3.84. The number of fused-ring (bicyclic) bond motifs is 1. The molecule has 3 heterocycles. The minimum atomic E-state index is 0.418. The molecule has 2 aromatic heterocycles. The van der Waals surface area contributed by atoms with Crippen molar-refractivity contribution in [3.05, 3.63) is 47.7 Å². The lowest BCUT2D eigenvalue weighted by Gasteiger charge is -2.33. The van der Waals surface area contributed by atoms with Gasteiger partial charge in [0, 0.05) is 41.7 Å². The summed E-state index contributed by atoms with van der Waals surface area (Å²) < 4.78 is 5.44. The summed E-state index contributed by atoms with van der Waals surface area (Å²) in [5, 5.41) is 5.49. The maximum atomic E-state index is 5.44. The molecule has 1 aromatic carbocycles. The summed E-state index contributed by atoms with van der Waals surface area (Å²) >= 11 is 0. The summed E-state index contributed by atoms with van der Waals surface area (Å²) in [6.07, 6.45) is 4.54. The SMILES string of the molecule is Cc1cc(N2CCC(c3noc(C4CC4)n3)CC2)c2ccccc2n1. The van der Waals surface area contributed by atoms with Crippen LogP contribution in [0.25, 0.3) is 10.9 Å². The highest BCUT2D eigenvalue weighted by Gasteiger charge is 2.32. The van der Waals surface area contributed by atoms with Gasteiger partial charge in [-0.1, -0.05) is 23.4 Å². The Morgan fingerprint density at radius 2 is 1.80 bits per heavy atom. The number of hydrogen-bond donors (Lipinski definition) is 0. The topological polar surface area (TPSA) is 55.1 Å². The molecule has 0 bridgehead atoms. The van der Waals surface area contributed by atoms with E-state index in [4.69, 9.17) is 4.52 Å². The molecular formula is C20H22N4O.